The first-order valence-corrected chi connectivity index (χ1v) is 6.51. The molecular weight excluding hydrogens is 238 g/mol. The van der Waals surface area contributed by atoms with E-state index in [2.05, 4.69) is 10.1 Å². The Labute approximate surface area is 109 Å². The number of aromatic amines is 1. The molecule has 0 atom stereocenters. The summed E-state index contributed by atoms with van der Waals surface area (Å²) < 4.78 is 1.60. The molecule has 0 radical (unpaired) electrons. The van der Waals surface area contributed by atoms with Crippen LogP contribution in [0.1, 0.15) is 17.7 Å². The average molecular weight is 251 g/mol. The number of H-pyrrole nitrogens is 1. The van der Waals surface area contributed by atoms with Gasteiger partial charge in [0.2, 0.25) is 0 Å². The van der Waals surface area contributed by atoms with Gasteiger partial charge in [0.25, 0.3) is 5.56 Å². The molecule has 1 aliphatic carbocycles. The van der Waals surface area contributed by atoms with Crippen molar-refractivity contribution in [2.24, 2.45) is 0 Å². The predicted octanol–water partition coefficient (Wildman–Crippen LogP) is 2.20. The van der Waals surface area contributed by atoms with Gasteiger partial charge in [0.1, 0.15) is 0 Å². The molecule has 2 heterocycles. The van der Waals surface area contributed by atoms with Gasteiger partial charge in [0.15, 0.2) is 0 Å². The van der Waals surface area contributed by atoms with Gasteiger partial charge in [0.05, 0.1) is 16.6 Å². The number of fused-ring (bicyclic) bond motifs is 3. The number of rotatable bonds is 1. The van der Waals surface area contributed by atoms with Gasteiger partial charge in [-0.25, -0.2) is 4.68 Å². The maximum Gasteiger partial charge on any atom is 0.280 e. The van der Waals surface area contributed by atoms with Gasteiger partial charge in [-0.05, 0) is 37.0 Å². The molecule has 94 valence electrons. The molecule has 4 rings (SSSR count). The Bertz CT molecular complexity index is 815. The molecule has 3 aromatic rings. The van der Waals surface area contributed by atoms with Crippen molar-refractivity contribution in [2.75, 3.05) is 0 Å². The lowest BCUT2D eigenvalue weighted by molar-refractivity contribution is 0.858. The molecule has 1 N–H and O–H groups in total. The normalized spacial score (nSPS) is 13.9. The van der Waals surface area contributed by atoms with Gasteiger partial charge in [0, 0.05) is 11.9 Å². The average Bonchev–Trinajstić information content (AvgIpc) is 3.04. The minimum Gasteiger partial charge on any atom is -0.290 e. The van der Waals surface area contributed by atoms with Crippen LogP contribution in [-0.4, -0.2) is 14.8 Å². The standard InChI is InChI=1S/C15H13N3O/c19-15-12-9-16-13-8-4-7-11(13)14(12)17-18(15)10-5-2-1-3-6-10/h1-3,5-6,9,17H,4,7-8H2. The maximum absolute atomic E-state index is 12.4. The second-order valence-electron chi connectivity index (χ2n) is 4.91. The maximum atomic E-state index is 12.4. The fraction of sp³-hybridized carbons (Fsp3) is 0.200. The molecule has 0 aliphatic heterocycles. The number of benzene rings is 1. The highest BCUT2D eigenvalue weighted by Gasteiger charge is 2.19. The van der Waals surface area contributed by atoms with Crippen LogP contribution in [-0.2, 0) is 12.8 Å². The van der Waals surface area contributed by atoms with Crippen LogP contribution in [0.15, 0.2) is 41.3 Å². The molecule has 0 unspecified atom stereocenters. The third-order valence-corrected chi connectivity index (χ3v) is 3.78. The fourth-order valence-corrected chi connectivity index (χ4v) is 2.84. The molecule has 1 aliphatic rings. The van der Waals surface area contributed by atoms with E-state index in [0.717, 1.165) is 36.2 Å². The van der Waals surface area contributed by atoms with Crippen LogP contribution in [0, 0.1) is 0 Å². The smallest absolute Gasteiger partial charge is 0.280 e. The predicted molar refractivity (Wildman–Crippen MR) is 73.7 cm³/mol. The second kappa shape index (κ2) is 3.82. The van der Waals surface area contributed by atoms with E-state index in [0.29, 0.717) is 5.39 Å². The summed E-state index contributed by atoms with van der Waals surface area (Å²) in [5, 5.41) is 3.93. The highest BCUT2D eigenvalue weighted by atomic mass is 16.1. The minimum absolute atomic E-state index is 0.0246. The van der Waals surface area contributed by atoms with Crippen molar-refractivity contribution in [3.05, 3.63) is 58.1 Å². The molecule has 0 amide bonds. The van der Waals surface area contributed by atoms with Crippen LogP contribution >= 0.6 is 0 Å². The molecular formula is C15H13N3O. The molecule has 4 nitrogen and oxygen atoms in total. The number of nitrogens with one attached hydrogen (secondary N) is 1. The lowest BCUT2D eigenvalue weighted by Crippen LogP contribution is -2.13. The molecule has 0 spiro atoms. The molecule has 0 bridgehead atoms. The molecule has 0 saturated carbocycles. The van der Waals surface area contributed by atoms with Crippen molar-refractivity contribution in [3.63, 3.8) is 0 Å². The number of aryl methyl sites for hydroxylation is 2. The Kier molecular flexibility index (Phi) is 2.12. The first-order chi connectivity index (χ1) is 9.34. The summed E-state index contributed by atoms with van der Waals surface area (Å²) in [6, 6.07) is 9.64. The van der Waals surface area contributed by atoms with E-state index in [1.54, 1.807) is 10.9 Å². The van der Waals surface area contributed by atoms with Crippen LogP contribution in [0.2, 0.25) is 0 Å². The van der Waals surface area contributed by atoms with Crippen molar-refractivity contribution in [3.8, 4) is 5.69 Å². The number of nitrogens with zero attached hydrogens (tertiary/aromatic N) is 2. The van der Waals surface area contributed by atoms with Crippen LogP contribution in [0.4, 0.5) is 0 Å². The van der Waals surface area contributed by atoms with Gasteiger partial charge in [-0.2, -0.15) is 0 Å². The molecule has 4 heteroatoms. The Morgan fingerprint density at radius 2 is 2.00 bits per heavy atom. The third kappa shape index (κ3) is 1.46. The van der Waals surface area contributed by atoms with Gasteiger partial charge in [-0.15, -0.1) is 0 Å². The summed E-state index contributed by atoms with van der Waals surface area (Å²) >= 11 is 0. The molecule has 0 saturated heterocycles. The van der Waals surface area contributed by atoms with Gasteiger partial charge in [-0.1, -0.05) is 18.2 Å². The summed E-state index contributed by atoms with van der Waals surface area (Å²) in [5.41, 5.74) is 4.13. The van der Waals surface area contributed by atoms with Crippen molar-refractivity contribution in [2.45, 2.75) is 19.3 Å². The Hall–Kier alpha value is -2.36. The second-order valence-corrected chi connectivity index (χ2v) is 4.91. The van der Waals surface area contributed by atoms with Crippen molar-refractivity contribution >= 4 is 10.9 Å². The fourth-order valence-electron chi connectivity index (χ4n) is 2.84. The van der Waals surface area contributed by atoms with E-state index in [1.807, 2.05) is 30.3 Å². The van der Waals surface area contributed by atoms with E-state index in [1.165, 1.54) is 5.56 Å². The number of hydrogen-bond donors (Lipinski definition) is 1. The Morgan fingerprint density at radius 3 is 2.84 bits per heavy atom. The van der Waals surface area contributed by atoms with Gasteiger partial charge in [-0.3, -0.25) is 14.9 Å². The highest BCUT2D eigenvalue weighted by Crippen LogP contribution is 2.25. The summed E-state index contributed by atoms with van der Waals surface area (Å²) in [5.74, 6) is 0. The third-order valence-electron chi connectivity index (χ3n) is 3.78. The van der Waals surface area contributed by atoms with Crippen LogP contribution in [0.25, 0.3) is 16.6 Å². The first kappa shape index (κ1) is 10.6. The summed E-state index contributed by atoms with van der Waals surface area (Å²) in [6.45, 7) is 0. The molecule has 0 fully saturated rings. The van der Waals surface area contributed by atoms with E-state index in [9.17, 15) is 4.79 Å². The van der Waals surface area contributed by atoms with Crippen molar-refractivity contribution in [1.29, 1.82) is 0 Å². The van der Waals surface area contributed by atoms with Gasteiger partial charge >= 0.3 is 0 Å². The number of para-hydroxylation sites is 1. The van der Waals surface area contributed by atoms with E-state index in [-0.39, 0.29) is 5.56 Å². The molecule has 19 heavy (non-hydrogen) atoms. The van der Waals surface area contributed by atoms with Crippen molar-refractivity contribution in [1.82, 2.24) is 14.8 Å². The van der Waals surface area contributed by atoms with Crippen LogP contribution < -0.4 is 5.56 Å². The van der Waals surface area contributed by atoms with E-state index in [4.69, 9.17) is 0 Å². The zero-order chi connectivity index (χ0) is 12.8. The number of hydrogen-bond acceptors (Lipinski definition) is 2. The summed E-state index contributed by atoms with van der Waals surface area (Å²) in [4.78, 5) is 16.8. The monoisotopic (exact) mass is 251 g/mol. The molecule has 1 aromatic carbocycles. The van der Waals surface area contributed by atoms with Crippen LogP contribution in [0.5, 0.6) is 0 Å². The van der Waals surface area contributed by atoms with Gasteiger partial charge < -0.3 is 0 Å². The molecule has 2 aromatic heterocycles. The quantitative estimate of drug-likeness (QED) is 0.720. The SMILES string of the molecule is O=c1c2cnc3c(c2[nH]n1-c1ccccc1)CCC3. The Balaban J connectivity index is 2.05. The van der Waals surface area contributed by atoms with E-state index < -0.39 is 0 Å². The summed E-state index contributed by atoms with van der Waals surface area (Å²) in [6.07, 6.45) is 4.86. The number of aromatic nitrogens is 3. The highest BCUT2D eigenvalue weighted by molar-refractivity contribution is 5.82. The largest absolute Gasteiger partial charge is 0.290 e. The zero-order valence-electron chi connectivity index (χ0n) is 10.4. The zero-order valence-corrected chi connectivity index (χ0v) is 10.4. The number of pyridine rings is 1. The van der Waals surface area contributed by atoms with Crippen LogP contribution in [0.3, 0.4) is 0 Å². The Morgan fingerprint density at radius 1 is 1.16 bits per heavy atom. The topological polar surface area (TPSA) is 50.7 Å². The van der Waals surface area contributed by atoms with Crippen molar-refractivity contribution < 1.29 is 0 Å². The summed E-state index contributed by atoms with van der Waals surface area (Å²) in [7, 11) is 0. The lowest BCUT2D eigenvalue weighted by atomic mass is 10.2. The van der Waals surface area contributed by atoms with E-state index >= 15 is 0 Å². The lowest BCUT2D eigenvalue weighted by Gasteiger charge is -2.00. The minimum atomic E-state index is -0.0246. The first-order valence-electron chi connectivity index (χ1n) is 6.51.